The highest BCUT2D eigenvalue weighted by molar-refractivity contribution is 5.81. The van der Waals surface area contributed by atoms with E-state index in [1.165, 1.54) is 0 Å². The van der Waals surface area contributed by atoms with Crippen LogP contribution < -0.4 is 27.8 Å². The minimum atomic E-state index is -1.83. The van der Waals surface area contributed by atoms with Crippen molar-refractivity contribution in [2.24, 2.45) is 17.2 Å². The van der Waals surface area contributed by atoms with Crippen molar-refractivity contribution in [1.29, 1.82) is 0 Å². The lowest BCUT2D eigenvalue weighted by Crippen LogP contribution is -2.70. The van der Waals surface area contributed by atoms with Gasteiger partial charge in [-0.1, -0.05) is 0 Å². The monoisotopic (exact) mass is 669 g/mol. The maximum absolute atomic E-state index is 12.7. The van der Waals surface area contributed by atoms with Gasteiger partial charge in [0.1, 0.15) is 73.4 Å². The van der Waals surface area contributed by atoms with Crippen LogP contribution in [0.15, 0.2) is 0 Å². The van der Waals surface area contributed by atoms with E-state index < -0.39 is 116 Å². The Bertz CT molecular complexity index is 999. The van der Waals surface area contributed by atoms with Crippen molar-refractivity contribution in [3.05, 3.63) is 0 Å². The summed E-state index contributed by atoms with van der Waals surface area (Å²) in [6.07, 6.45) is -21.1. The highest BCUT2D eigenvalue weighted by Gasteiger charge is 2.53. The number of carbonyl (C=O) groups is 3. The van der Waals surface area contributed by atoms with Gasteiger partial charge in [0, 0.05) is 25.4 Å². The first kappa shape index (κ1) is 38.5. The second-order valence-electron chi connectivity index (χ2n) is 11.6. The average Bonchev–Trinajstić information content (AvgIpc) is 3.02. The smallest absolute Gasteiger partial charge is 0.249 e. The largest absolute Gasteiger partial charge is 0.394 e. The summed E-state index contributed by atoms with van der Waals surface area (Å²) in [7, 11) is 0. The van der Waals surface area contributed by atoms with E-state index in [0.717, 1.165) is 0 Å². The molecule has 2 aliphatic heterocycles. The number of hydrogen-bond donors (Lipinski definition) is 13. The number of aliphatic hydroxyl groups excluding tert-OH is 8. The second-order valence-corrected chi connectivity index (χ2v) is 11.6. The second kappa shape index (κ2) is 17.4. The van der Waals surface area contributed by atoms with E-state index in [9.17, 15) is 55.2 Å². The molecule has 0 aromatic rings. The Morgan fingerprint density at radius 3 is 2.11 bits per heavy atom. The lowest BCUT2D eigenvalue weighted by molar-refractivity contribution is -0.333. The van der Waals surface area contributed by atoms with Gasteiger partial charge in [-0.05, 0) is 19.4 Å². The summed E-state index contributed by atoms with van der Waals surface area (Å²) in [4.78, 5) is 35.7. The minimum Gasteiger partial charge on any atom is -0.394 e. The molecule has 16 N–H and O–H groups in total. The Balaban J connectivity index is 1.89. The number of aliphatic hydroxyl groups is 8. The molecular weight excluding hydrogens is 622 g/mol. The summed E-state index contributed by atoms with van der Waals surface area (Å²) >= 11 is 0. The Morgan fingerprint density at radius 2 is 1.50 bits per heavy atom. The van der Waals surface area contributed by atoms with Crippen LogP contribution in [0.5, 0.6) is 0 Å². The van der Waals surface area contributed by atoms with Gasteiger partial charge in [0.05, 0.1) is 18.7 Å². The maximum Gasteiger partial charge on any atom is 0.249 e. The molecule has 3 fully saturated rings. The molecule has 15 unspecified atom stereocenters. The van der Waals surface area contributed by atoms with Gasteiger partial charge in [-0.25, -0.2) is 0 Å². The van der Waals surface area contributed by atoms with E-state index in [4.69, 9.17) is 36.1 Å². The summed E-state index contributed by atoms with van der Waals surface area (Å²) in [6, 6.07) is -3.78. The minimum absolute atomic E-state index is 0.0295. The normalized spacial score (nSPS) is 42.2. The molecule has 0 bridgehead atoms. The predicted molar refractivity (Wildman–Crippen MR) is 151 cm³/mol. The zero-order chi connectivity index (χ0) is 34.3. The van der Waals surface area contributed by atoms with Crippen molar-refractivity contribution >= 4 is 18.1 Å². The fraction of sp³-hybridized carbons (Fsp3) is 0.885. The third-order valence-corrected chi connectivity index (χ3v) is 8.27. The summed E-state index contributed by atoms with van der Waals surface area (Å²) in [5.74, 6) is -1.61. The average molecular weight is 670 g/mol. The Morgan fingerprint density at radius 1 is 0.870 bits per heavy atom. The molecule has 20 nitrogen and oxygen atoms in total. The molecular formula is C26H47N5O15. The number of amides is 2. The van der Waals surface area contributed by atoms with E-state index >= 15 is 0 Å². The van der Waals surface area contributed by atoms with Gasteiger partial charge in [-0.3, -0.25) is 9.59 Å². The number of ether oxygens (including phenoxy) is 4. The van der Waals surface area contributed by atoms with Crippen LogP contribution in [-0.4, -0.2) is 176 Å². The molecule has 0 aromatic heterocycles. The molecule has 2 amide bonds. The molecule has 1 aliphatic carbocycles. The van der Waals surface area contributed by atoms with Crippen molar-refractivity contribution in [2.75, 3.05) is 19.7 Å². The summed E-state index contributed by atoms with van der Waals surface area (Å²) in [5, 5.41) is 89.0. The zero-order valence-corrected chi connectivity index (χ0v) is 24.9. The highest BCUT2D eigenvalue weighted by Crippen LogP contribution is 2.32. The van der Waals surface area contributed by atoms with E-state index in [2.05, 4.69) is 10.6 Å². The van der Waals surface area contributed by atoms with Crippen LogP contribution in [0.25, 0.3) is 0 Å². The first-order valence-electron chi connectivity index (χ1n) is 15.0. The maximum atomic E-state index is 12.7. The number of nitrogens with one attached hydrogen (secondary N) is 2. The van der Waals surface area contributed by atoms with Crippen LogP contribution in [-0.2, 0) is 33.3 Å². The summed E-state index contributed by atoms with van der Waals surface area (Å²) < 4.78 is 22.7. The van der Waals surface area contributed by atoms with Crippen LogP contribution >= 0.6 is 0 Å². The number of aldehydes is 1. The highest BCUT2D eigenvalue weighted by atomic mass is 16.7. The number of hydrogen-bond acceptors (Lipinski definition) is 18. The van der Waals surface area contributed by atoms with Crippen molar-refractivity contribution in [3.8, 4) is 0 Å². The van der Waals surface area contributed by atoms with Crippen molar-refractivity contribution in [2.45, 2.75) is 124 Å². The van der Waals surface area contributed by atoms with E-state index in [-0.39, 0.29) is 38.8 Å². The molecule has 3 rings (SSSR count). The Labute approximate surface area is 263 Å². The van der Waals surface area contributed by atoms with E-state index in [1.807, 2.05) is 0 Å². The third kappa shape index (κ3) is 8.92. The lowest BCUT2D eigenvalue weighted by atomic mass is 9.83. The van der Waals surface area contributed by atoms with E-state index in [1.54, 1.807) is 0 Å². The number of carbonyl (C=O) groups excluding carboxylic acids is 3. The SMILES string of the molecule is NCC[C@H](O)C(=O)NC1CC(N)C(OC2OC(CN)C(O)C(O)C2O)C(O)C1OC1OC(CO)C(O)C(NC(=O)CCC=O)C1O. The van der Waals surface area contributed by atoms with Crippen LogP contribution in [0.4, 0.5) is 0 Å². The molecule has 2 heterocycles. The molecule has 16 atom stereocenters. The van der Waals surface area contributed by atoms with Crippen LogP contribution in [0.3, 0.4) is 0 Å². The summed E-state index contributed by atoms with van der Waals surface area (Å²) in [6.45, 7) is -1.09. The molecule has 0 radical (unpaired) electrons. The van der Waals surface area contributed by atoms with Gasteiger partial charge in [-0.2, -0.15) is 0 Å². The number of rotatable bonds is 14. The summed E-state index contributed by atoms with van der Waals surface area (Å²) in [5.41, 5.74) is 17.3. The van der Waals surface area contributed by atoms with Gasteiger partial charge in [0.2, 0.25) is 11.8 Å². The van der Waals surface area contributed by atoms with Crippen molar-refractivity contribution in [3.63, 3.8) is 0 Å². The first-order valence-corrected chi connectivity index (χ1v) is 15.0. The first-order chi connectivity index (χ1) is 21.8. The molecule has 266 valence electrons. The molecule has 2 saturated heterocycles. The predicted octanol–water partition coefficient (Wildman–Crippen LogP) is -8.29. The molecule has 46 heavy (non-hydrogen) atoms. The Hall–Kier alpha value is -1.99. The van der Waals surface area contributed by atoms with Crippen molar-refractivity contribution in [1.82, 2.24) is 10.6 Å². The fourth-order valence-electron chi connectivity index (χ4n) is 5.66. The number of nitrogens with two attached hydrogens (primary N) is 3. The van der Waals surface area contributed by atoms with Gasteiger partial charge < -0.3 is 92.4 Å². The topological polar surface area (TPSA) is 352 Å². The standard InChI is InChI=1S/C26H47N5O15/c27-4-3-11(34)24(42)30-10-6-9(29)22(45-26-20(40)19(39)17(37)12(7-28)43-26)21(41)23(10)46-25-18(38)15(16(36)13(8-33)44-25)31-14(35)2-1-5-32/h5,9-13,15-23,25-26,33-34,36-41H,1-4,6-8,27-29H2,(H,30,42)(H,31,35)/t9?,10?,11-,12?,13?,15?,16?,17?,18?,19?,20?,21?,22?,23?,25?,26?/m0/s1. The third-order valence-electron chi connectivity index (χ3n) is 8.27. The molecule has 20 heteroatoms. The van der Waals surface area contributed by atoms with Gasteiger partial charge in [-0.15, -0.1) is 0 Å². The quantitative estimate of drug-likeness (QED) is 0.0763. The fourth-order valence-corrected chi connectivity index (χ4v) is 5.66. The van der Waals surface area contributed by atoms with Crippen LogP contribution in [0.2, 0.25) is 0 Å². The lowest BCUT2D eigenvalue weighted by Gasteiger charge is -2.49. The van der Waals surface area contributed by atoms with Gasteiger partial charge in [0.25, 0.3) is 0 Å². The van der Waals surface area contributed by atoms with Crippen LogP contribution in [0.1, 0.15) is 25.7 Å². The Kier molecular flexibility index (Phi) is 14.6. The van der Waals surface area contributed by atoms with E-state index in [0.29, 0.717) is 6.29 Å². The zero-order valence-electron chi connectivity index (χ0n) is 24.9. The molecule has 1 saturated carbocycles. The van der Waals surface area contributed by atoms with Gasteiger partial charge >= 0.3 is 0 Å². The van der Waals surface area contributed by atoms with Crippen molar-refractivity contribution < 1.29 is 74.2 Å². The molecule has 3 aliphatic rings. The molecule has 0 aromatic carbocycles. The van der Waals surface area contributed by atoms with Gasteiger partial charge in [0.15, 0.2) is 12.6 Å². The van der Waals surface area contributed by atoms with Crippen LogP contribution in [0, 0.1) is 0 Å². The molecule has 0 spiro atoms.